The molecule has 0 aliphatic carbocycles. The molecule has 1 amide bonds. The molecule has 3 aromatic carbocycles. The van der Waals surface area contributed by atoms with E-state index in [4.69, 9.17) is 18.9 Å². The molecule has 0 saturated heterocycles. The zero-order valence-electron chi connectivity index (χ0n) is 18.1. The second kappa shape index (κ2) is 9.14. The minimum Gasteiger partial charge on any atom is -0.490 e. The number of ether oxygens (including phenoxy) is 4. The quantitative estimate of drug-likeness (QED) is 0.571. The summed E-state index contributed by atoms with van der Waals surface area (Å²) < 4.78 is 50.5. The lowest BCUT2D eigenvalue weighted by Gasteiger charge is -2.19. The lowest BCUT2D eigenvalue weighted by atomic mass is 10.2. The van der Waals surface area contributed by atoms with Crippen LogP contribution in [0.1, 0.15) is 16.8 Å². The van der Waals surface area contributed by atoms with E-state index in [9.17, 15) is 13.2 Å². The molecule has 0 atom stereocenters. The Kier molecular flexibility index (Phi) is 5.89. The molecule has 0 fully saturated rings. The monoisotopic (exact) mass is 482 g/mol. The summed E-state index contributed by atoms with van der Waals surface area (Å²) in [5.41, 5.74) is 1.08. The average molecular weight is 483 g/mol. The van der Waals surface area contributed by atoms with Crippen LogP contribution in [0.15, 0.2) is 65.6 Å². The van der Waals surface area contributed by atoms with E-state index in [-0.39, 0.29) is 16.1 Å². The number of rotatable bonds is 5. The first-order valence-corrected chi connectivity index (χ1v) is 12.2. The summed E-state index contributed by atoms with van der Waals surface area (Å²) in [5, 5.41) is 2.80. The van der Waals surface area contributed by atoms with Gasteiger partial charge in [-0.3, -0.25) is 9.52 Å². The molecule has 0 radical (unpaired) electrons. The van der Waals surface area contributed by atoms with Crippen LogP contribution in [0.5, 0.6) is 23.0 Å². The maximum Gasteiger partial charge on any atom is 0.262 e. The Morgan fingerprint density at radius 1 is 0.706 bits per heavy atom. The van der Waals surface area contributed by atoms with Crippen molar-refractivity contribution in [1.82, 2.24) is 0 Å². The van der Waals surface area contributed by atoms with Gasteiger partial charge >= 0.3 is 0 Å². The molecular formula is C24H22N2O7S. The van der Waals surface area contributed by atoms with Crippen molar-refractivity contribution >= 4 is 27.3 Å². The minimum absolute atomic E-state index is 0.0267. The van der Waals surface area contributed by atoms with Gasteiger partial charge in [-0.25, -0.2) is 8.42 Å². The summed E-state index contributed by atoms with van der Waals surface area (Å²) in [6.45, 7) is 1.88. The summed E-state index contributed by atoms with van der Waals surface area (Å²) in [6.07, 6.45) is 0.783. The number of amides is 1. The van der Waals surface area contributed by atoms with E-state index in [0.717, 1.165) is 6.42 Å². The summed E-state index contributed by atoms with van der Waals surface area (Å²) in [6, 6.07) is 15.8. The van der Waals surface area contributed by atoms with Gasteiger partial charge in [-0.05, 0) is 42.5 Å². The van der Waals surface area contributed by atoms with Gasteiger partial charge < -0.3 is 24.3 Å². The van der Waals surface area contributed by atoms with Crippen molar-refractivity contribution < 1.29 is 32.2 Å². The van der Waals surface area contributed by atoms with Crippen molar-refractivity contribution in [3.8, 4) is 23.0 Å². The van der Waals surface area contributed by atoms with Gasteiger partial charge in [0.05, 0.1) is 18.1 Å². The molecular weight excluding hydrogens is 460 g/mol. The molecule has 2 heterocycles. The van der Waals surface area contributed by atoms with E-state index >= 15 is 0 Å². The van der Waals surface area contributed by atoms with Gasteiger partial charge in [-0.1, -0.05) is 6.07 Å². The third-order valence-corrected chi connectivity index (χ3v) is 6.59. The van der Waals surface area contributed by atoms with Crippen molar-refractivity contribution in [3.63, 3.8) is 0 Å². The third kappa shape index (κ3) is 4.72. The topological polar surface area (TPSA) is 112 Å². The second-order valence-corrected chi connectivity index (χ2v) is 9.34. The molecule has 3 aromatic rings. The molecule has 2 N–H and O–H groups in total. The van der Waals surface area contributed by atoms with Gasteiger partial charge in [0.1, 0.15) is 13.2 Å². The Morgan fingerprint density at radius 2 is 1.38 bits per heavy atom. The van der Waals surface area contributed by atoms with Gasteiger partial charge in [0.2, 0.25) is 0 Å². The predicted molar refractivity (Wildman–Crippen MR) is 125 cm³/mol. The molecule has 34 heavy (non-hydrogen) atoms. The summed E-state index contributed by atoms with van der Waals surface area (Å²) in [5.74, 6) is 1.67. The number of nitrogens with one attached hydrogen (secondary N) is 2. The maximum absolute atomic E-state index is 12.9. The smallest absolute Gasteiger partial charge is 0.262 e. The molecule has 0 aromatic heterocycles. The van der Waals surface area contributed by atoms with E-state index in [0.29, 0.717) is 55.1 Å². The molecule has 0 saturated carbocycles. The van der Waals surface area contributed by atoms with Crippen molar-refractivity contribution in [3.05, 3.63) is 66.2 Å². The number of hydrogen-bond acceptors (Lipinski definition) is 7. The third-order valence-electron chi connectivity index (χ3n) is 5.21. The van der Waals surface area contributed by atoms with Crippen molar-refractivity contribution in [2.24, 2.45) is 0 Å². The summed E-state index contributed by atoms with van der Waals surface area (Å²) >= 11 is 0. The van der Waals surface area contributed by atoms with Crippen molar-refractivity contribution in [1.29, 1.82) is 0 Å². The van der Waals surface area contributed by atoms with E-state index in [2.05, 4.69) is 10.0 Å². The number of benzene rings is 3. The van der Waals surface area contributed by atoms with Gasteiger partial charge in [-0.2, -0.15) is 0 Å². The number of carbonyl (C=O) groups excluding carboxylic acids is 1. The van der Waals surface area contributed by atoms with Crippen LogP contribution in [-0.2, 0) is 10.0 Å². The van der Waals surface area contributed by atoms with Gasteiger partial charge in [-0.15, -0.1) is 0 Å². The lowest BCUT2D eigenvalue weighted by Crippen LogP contribution is -2.17. The fourth-order valence-corrected chi connectivity index (χ4v) is 4.64. The van der Waals surface area contributed by atoms with Crippen LogP contribution in [-0.4, -0.2) is 40.8 Å². The Balaban J connectivity index is 1.31. The largest absolute Gasteiger partial charge is 0.490 e. The van der Waals surface area contributed by atoms with Crippen molar-refractivity contribution in [2.75, 3.05) is 36.5 Å². The molecule has 0 unspecified atom stereocenters. The fraction of sp³-hybridized carbons (Fsp3) is 0.208. The number of carbonyl (C=O) groups is 1. The molecule has 2 aliphatic rings. The van der Waals surface area contributed by atoms with Gasteiger partial charge in [0, 0.05) is 35.5 Å². The molecule has 10 heteroatoms. The van der Waals surface area contributed by atoms with Crippen LogP contribution in [0.3, 0.4) is 0 Å². The first kappa shape index (κ1) is 21.9. The van der Waals surface area contributed by atoms with Crippen molar-refractivity contribution in [2.45, 2.75) is 11.3 Å². The van der Waals surface area contributed by atoms with Crippen LogP contribution in [0.25, 0.3) is 0 Å². The normalized spacial score (nSPS) is 14.6. The summed E-state index contributed by atoms with van der Waals surface area (Å²) in [4.78, 5) is 12.8. The van der Waals surface area contributed by atoms with E-state index in [1.54, 1.807) is 42.5 Å². The van der Waals surface area contributed by atoms with E-state index in [1.807, 2.05) is 0 Å². The molecule has 0 spiro atoms. The highest BCUT2D eigenvalue weighted by Crippen LogP contribution is 2.34. The van der Waals surface area contributed by atoms with Crippen LogP contribution >= 0.6 is 0 Å². The van der Waals surface area contributed by atoms with Crippen LogP contribution < -0.4 is 29.0 Å². The van der Waals surface area contributed by atoms with Crippen LogP contribution in [0.2, 0.25) is 0 Å². The zero-order chi connectivity index (χ0) is 23.5. The molecule has 2 aliphatic heterocycles. The molecule has 9 nitrogen and oxygen atoms in total. The fourth-order valence-electron chi connectivity index (χ4n) is 3.57. The predicted octanol–water partition coefficient (Wildman–Crippen LogP) is 3.67. The van der Waals surface area contributed by atoms with Gasteiger partial charge in [0.15, 0.2) is 23.0 Å². The summed E-state index contributed by atoms with van der Waals surface area (Å²) in [7, 11) is -3.91. The highest BCUT2D eigenvalue weighted by atomic mass is 32.2. The molecule has 5 rings (SSSR count). The minimum atomic E-state index is -3.91. The maximum atomic E-state index is 12.9. The Hall–Kier alpha value is -3.92. The lowest BCUT2D eigenvalue weighted by molar-refractivity contribution is 0.102. The van der Waals surface area contributed by atoms with Gasteiger partial charge in [0.25, 0.3) is 15.9 Å². The Bertz CT molecular complexity index is 1340. The number of fused-ring (bicyclic) bond motifs is 2. The SMILES string of the molecule is O=C(Nc1ccc2c(c1)OCCCO2)c1cccc(NS(=O)(=O)c2ccc3c(c2)OCCO3)c1. The first-order valence-electron chi connectivity index (χ1n) is 10.7. The second-order valence-electron chi connectivity index (χ2n) is 7.66. The number of sulfonamides is 1. The van der Waals surface area contributed by atoms with E-state index in [1.165, 1.54) is 18.2 Å². The van der Waals surface area contributed by atoms with Crippen LogP contribution in [0, 0.1) is 0 Å². The highest BCUT2D eigenvalue weighted by Gasteiger charge is 2.20. The molecule has 0 bridgehead atoms. The number of anilines is 2. The average Bonchev–Trinajstić information content (AvgIpc) is 3.09. The molecule has 176 valence electrons. The Labute approximate surface area is 196 Å². The number of hydrogen-bond donors (Lipinski definition) is 2. The van der Waals surface area contributed by atoms with E-state index < -0.39 is 15.9 Å². The zero-order valence-corrected chi connectivity index (χ0v) is 18.9. The van der Waals surface area contributed by atoms with Crippen LogP contribution in [0.4, 0.5) is 11.4 Å². The standard InChI is InChI=1S/C24H22N2O7S/c27-24(25-17-5-7-20-22(14-17)31-10-2-9-30-20)16-3-1-4-18(13-16)26-34(28,29)19-6-8-21-23(15-19)33-12-11-32-21/h1,3-8,13-15,26H,2,9-12H2,(H,25,27). The highest BCUT2D eigenvalue weighted by molar-refractivity contribution is 7.92. The Morgan fingerprint density at radius 3 is 2.21 bits per heavy atom. The first-order chi connectivity index (χ1) is 16.5.